The number of aliphatic hydroxyl groups excluding tert-OH is 2. The Balaban J connectivity index is 0.000000231. The average Bonchev–Trinajstić information content (AvgIpc) is 4.03. The number of nitrogens with zero attached hydrogens (tertiary/aromatic N) is 8. The summed E-state index contributed by atoms with van der Waals surface area (Å²) in [6.45, 7) is 2.85. The largest absolute Gasteiger partial charge is 0.490 e. The van der Waals surface area contributed by atoms with E-state index in [-0.39, 0.29) is 62.4 Å². The molecule has 10 N–H and O–H groups in total. The van der Waals surface area contributed by atoms with Crippen LogP contribution in [0.3, 0.4) is 0 Å². The highest BCUT2D eigenvalue weighted by Gasteiger charge is 2.50. The summed E-state index contributed by atoms with van der Waals surface area (Å²) in [5, 5.41) is 48.5. The second-order valence-electron chi connectivity index (χ2n) is 18.2. The molecule has 2 aromatic heterocycles. The van der Waals surface area contributed by atoms with E-state index in [1.54, 1.807) is 24.3 Å². The van der Waals surface area contributed by atoms with E-state index < -0.39 is 61.1 Å². The van der Waals surface area contributed by atoms with Crippen molar-refractivity contribution in [3.05, 3.63) is 69.7 Å². The number of carboxylic acid groups (broad SMARTS) is 2. The fourth-order valence-corrected chi connectivity index (χ4v) is 9.18. The number of aliphatic carboxylic acids is 2. The summed E-state index contributed by atoms with van der Waals surface area (Å²) in [6, 6.07) is 14.7. The molecule has 6 heterocycles. The van der Waals surface area contributed by atoms with Gasteiger partial charge < -0.3 is 51.2 Å². The number of hydrogen-bond donors (Lipinski definition) is 8. The van der Waals surface area contributed by atoms with Crippen LogP contribution in [0.4, 0.5) is 76.5 Å². The number of halogens is 14. The SMILES string of the molecule is Nc1nc(N2CCC(N3C[C@H]([C@@H](O)C(F)(F)F)OC[C@@H]3Cc3ccc(Cl)cc3)CC2)n[nH]1.Nc1nc(N2CCC(N3C[C@H]([C@H](O)C(F)(F)F)OC[C@@H]3Cc3ccc(Cl)cc3)CC2)n[nH]1.O=C(O)C(F)(F)F.O=C(O)C(F)(F)F. The van der Waals surface area contributed by atoms with Crippen LogP contribution in [0.25, 0.3) is 0 Å². The summed E-state index contributed by atoms with van der Waals surface area (Å²) in [4.78, 5) is 34.2. The molecule has 0 unspecified atom stereocenters. The predicted molar refractivity (Wildman–Crippen MR) is 254 cm³/mol. The van der Waals surface area contributed by atoms with E-state index in [1.165, 1.54) is 0 Å². The Labute approximate surface area is 445 Å². The van der Waals surface area contributed by atoms with Crippen LogP contribution in [0.2, 0.25) is 10.0 Å². The van der Waals surface area contributed by atoms with Gasteiger partial charge >= 0.3 is 36.6 Å². The van der Waals surface area contributed by atoms with Crippen LogP contribution in [0, 0.1) is 0 Å². The fourth-order valence-electron chi connectivity index (χ4n) is 8.92. The number of aliphatic hydroxyl groups is 2. The van der Waals surface area contributed by atoms with Gasteiger partial charge in [0.1, 0.15) is 12.2 Å². The third kappa shape index (κ3) is 18.8. The summed E-state index contributed by atoms with van der Waals surface area (Å²) >= 11 is 11.9. The van der Waals surface area contributed by atoms with E-state index in [0.29, 0.717) is 61.0 Å². The lowest BCUT2D eigenvalue weighted by molar-refractivity contribution is -0.250. The fraction of sp³-hybridized carbons (Fsp3) is 0.591. The molecule has 4 fully saturated rings. The van der Waals surface area contributed by atoms with Gasteiger partial charge in [0.15, 0.2) is 12.2 Å². The average molecular weight is 1180 g/mol. The Morgan fingerprint density at radius 2 is 0.885 bits per heavy atom. The Bertz CT molecular complexity index is 2330. The standard InChI is InChI=1S/2C20H26ClF3N6O2.2C2HF3O2/c2*21-13-3-1-12(2-4-13)9-15-11-32-16(17(31)20(22,23)24)10-30(15)14-5-7-29(8-6-14)19-26-18(25)27-28-19;2*3-2(4,5)1(6)7/h2*1-4,14-17,31H,5-11H2,(H3,25,26,27,28);2*(H,6,7)/t15-,16+,17+;15-,16+,17-;;/m00../s1. The van der Waals surface area contributed by atoms with E-state index >= 15 is 0 Å². The Hall–Kier alpha value is -5.64. The lowest BCUT2D eigenvalue weighted by Crippen LogP contribution is -2.60. The number of piperidine rings is 2. The molecular formula is C44H54Cl2F12N12O8. The van der Waals surface area contributed by atoms with Gasteiger partial charge in [0, 0.05) is 73.5 Å². The maximum Gasteiger partial charge on any atom is 0.490 e. The summed E-state index contributed by atoms with van der Waals surface area (Å²) in [7, 11) is 0. The van der Waals surface area contributed by atoms with Crippen LogP contribution >= 0.6 is 23.2 Å². The van der Waals surface area contributed by atoms with Gasteiger partial charge in [-0.15, -0.1) is 10.2 Å². The van der Waals surface area contributed by atoms with E-state index in [2.05, 4.69) is 40.2 Å². The first kappa shape index (κ1) is 63.2. The van der Waals surface area contributed by atoms with Crippen LogP contribution in [0.1, 0.15) is 36.8 Å². The number of benzene rings is 2. The topological polar surface area (TPSA) is 282 Å². The molecule has 4 aliphatic heterocycles. The third-order valence-electron chi connectivity index (χ3n) is 12.8. The minimum absolute atomic E-state index is 0.0111. The molecule has 4 aromatic rings. The monoisotopic (exact) mass is 1180 g/mol. The summed E-state index contributed by atoms with van der Waals surface area (Å²) in [5.41, 5.74) is 13.3. The number of carboxylic acids is 2. The Morgan fingerprint density at radius 3 is 1.13 bits per heavy atom. The predicted octanol–water partition coefficient (Wildman–Crippen LogP) is 5.76. The van der Waals surface area contributed by atoms with Crippen LogP contribution in [0.5, 0.6) is 0 Å². The van der Waals surface area contributed by atoms with Gasteiger partial charge in [0.2, 0.25) is 23.8 Å². The van der Waals surface area contributed by atoms with Gasteiger partial charge in [-0.1, -0.05) is 47.5 Å². The number of morpholine rings is 2. The van der Waals surface area contributed by atoms with Crippen molar-refractivity contribution in [1.82, 2.24) is 40.2 Å². The summed E-state index contributed by atoms with van der Waals surface area (Å²) in [6.07, 6.45) is -23.2. The number of nitrogens with one attached hydrogen (secondary N) is 2. The van der Waals surface area contributed by atoms with Crippen LogP contribution in [-0.2, 0) is 31.9 Å². The molecule has 0 aliphatic carbocycles. The zero-order valence-corrected chi connectivity index (χ0v) is 42.1. The quantitative estimate of drug-likeness (QED) is 0.0877. The Kier molecular flexibility index (Phi) is 21.9. The van der Waals surface area contributed by atoms with Gasteiger partial charge in [-0.2, -0.15) is 62.7 Å². The van der Waals surface area contributed by atoms with Crippen molar-refractivity contribution in [2.45, 2.75) is 112 Å². The van der Waals surface area contributed by atoms with Crippen molar-refractivity contribution < 1.29 is 92.2 Å². The number of hydrogen-bond acceptors (Lipinski definition) is 16. The number of alkyl halides is 12. The van der Waals surface area contributed by atoms with Crippen molar-refractivity contribution in [2.75, 3.05) is 73.7 Å². The second kappa shape index (κ2) is 27.0. The molecule has 8 rings (SSSR count). The first-order valence-corrected chi connectivity index (χ1v) is 24.2. The van der Waals surface area contributed by atoms with Gasteiger partial charge in [-0.25, -0.2) is 19.8 Å². The minimum atomic E-state index is -5.08. The first-order chi connectivity index (χ1) is 36.3. The molecule has 6 atom stereocenters. The zero-order chi connectivity index (χ0) is 57.9. The lowest BCUT2D eigenvalue weighted by Gasteiger charge is -2.47. The smallest absolute Gasteiger partial charge is 0.475 e. The number of nitrogen functional groups attached to an aromatic ring is 2. The molecular weight excluding hydrogens is 1120 g/mol. The molecule has 0 spiro atoms. The molecule has 20 nitrogen and oxygen atoms in total. The third-order valence-corrected chi connectivity index (χ3v) is 13.3. The summed E-state index contributed by atoms with van der Waals surface area (Å²) < 4.78 is 153. The van der Waals surface area contributed by atoms with Crippen molar-refractivity contribution >= 4 is 58.9 Å². The summed E-state index contributed by atoms with van der Waals surface area (Å²) in [5.74, 6) is -4.00. The molecule has 0 bridgehead atoms. The number of carbonyl (C=O) groups is 2. The highest BCUT2D eigenvalue weighted by atomic mass is 35.5. The minimum Gasteiger partial charge on any atom is -0.475 e. The van der Waals surface area contributed by atoms with E-state index in [4.69, 9.17) is 63.9 Å². The van der Waals surface area contributed by atoms with Crippen molar-refractivity contribution in [3.63, 3.8) is 0 Å². The molecule has 0 amide bonds. The zero-order valence-electron chi connectivity index (χ0n) is 40.6. The molecule has 4 aliphatic rings. The molecule has 78 heavy (non-hydrogen) atoms. The number of aromatic amines is 2. The van der Waals surface area contributed by atoms with Crippen molar-refractivity contribution in [1.29, 1.82) is 0 Å². The maximum atomic E-state index is 13.1. The van der Waals surface area contributed by atoms with E-state index in [9.17, 15) is 62.9 Å². The van der Waals surface area contributed by atoms with Gasteiger partial charge in [0.05, 0.1) is 13.2 Å². The number of rotatable bonds is 10. The number of aromatic nitrogens is 6. The van der Waals surface area contributed by atoms with Crippen LogP contribution in [0.15, 0.2) is 48.5 Å². The molecule has 4 saturated heterocycles. The maximum absolute atomic E-state index is 13.1. The second-order valence-corrected chi connectivity index (χ2v) is 19.0. The molecule has 436 valence electrons. The number of nitrogens with two attached hydrogens (primary N) is 2. The molecule has 2 aromatic carbocycles. The van der Waals surface area contributed by atoms with Crippen molar-refractivity contribution in [2.24, 2.45) is 0 Å². The Morgan fingerprint density at radius 1 is 0.590 bits per heavy atom. The van der Waals surface area contributed by atoms with Gasteiger partial charge in [-0.05, 0) is 73.9 Å². The highest BCUT2D eigenvalue weighted by Crippen LogP contribution is 2.34. The number of anilines is 4. The van der Waals surface area contributed by atoms with Crippen molar-refractivity contribution in [3.8, 4) is 0 Å². The van der Waals surface area contributed by atoms with E-state index in [1.807, 2.05) is 34.1 Å². The number of H-pyrrole nitrogens is 2. The number of ether oxygens (including phenoxy) is 2. The highest BCUT2D eigenvalue weighted by molar-refractivity contribution is 6.30. The van der Waals surface area contributed by atoms with Crippen LogP contribution < -0.4 is 21.3 Å². The molecule has 0 saturated carbocycles. The van der Waals surface area contributed by atoms with E-state index in [0.717, 1.165) is 36.8 Å². The van der Waals surface area contributed by atoms with Gasteiger partial charge in [-0.3, -0.25) is 9.80 Å². The first-order valence-electron chi connectivity index (χ1n) is 23.5. The molecule has 0 radical (unpaired) electrons. The van der Waals surface area contributed by atoms with Crippen LogP contribution in [-0.4, -0.2) is 198 Å². The lowest BCUT2D eigenvalue weighted by atomic mass is 9.95. The molecule has 34 heteroatoms. The normalized spacial score (nSPS) is 22.2. The van der Waals surface area contributed by atoms with Gasteiger partial charge in [0.25, 0.3) is 0 Å².